The van der Waals surface area contributed by atoms with Crippen LogP contribution in [0.4, 0.5) is 10.5 Å². The van der Waals surface area contributed by atoms with Crippen LogP contribution in [0.2, 0.25) is 0 Å². The topological polar surface area (TPSA) is 66.5 Å². The Balaban J connectivity index is 1.97. The molecule has 0 saturated carbocycles. The van der Waals surface area contributed by atoms with Crippen LogP contribution in [0.3, 0.4) is 0 Å². The van der Waals surface area contributed by atoms with Gasteiger partial charge in [-0.3, -0.25) is 19.8 Å². The molecule has 1 aliphatic heterocycles. The Labute approximate surface area is 133 Å². The van der Waals surface area contributed by atoms with Crippen LogP contribution in [0.5, 0.6) is 0 Å². The van der Waals surface area contributed by atoms with Gasteiger partial charge >= 0.3 is 6.03 Å². The van der Waals surface area contributed by atoms with Gasteiger partial charge < -0.3 is 0 Å². The molecule has 2 aromatic carbocycles. The summed E-state index contributed by atoms with van der Waals surface area (Å²) >= 11 is 0. The van der Waals surface area contributed by atoms with Crippen molar-refractivity contribution in [3.63, 3.8) is 0 Å². The number of carbonyl (C=O) groups excluding carboxylic acids is 3. The highest BCUT2D eigenvalue weighted by Crippen LogP contribution is 2.29. The SMILES string of the molecule is Cc1ccc(-c2ccc(C=O)cc2)cc1N1CCC(=O)NC1=O. The first-order valence-electron chi connectivity index (χ1n) is 7.36. The van der Waals surface area contributed by atoms with Crippen molar-refractivity contribution in [1.29, 1.82) is 0 Å². The molecule has 1 fully saturated rings. The number of benzene rings is 2. The van der Waals surface area contributed by atoms with E-state index in [0.717, 1.165) is 28.7 Å². The molecular formula is C18H16N2O3. The molecule has 1 heterocycles. The van der Waals surface area contributed by atoms with E-state index in [1.54, 1.807) is 17.0 Å². The first-order valence-corrected chi connectivity index (χ1v) is 7.36. The highest BCUT2D eigenvalue weighted by Gasteiger charge is 2.25. The average Bonchev–Trinajstić information content (AvgIpc) is 2.56. The fraction of sp³-hybridized carbons (Fsp3) is 0.167. The normalized spacial score (nSPS) is 14.6. The lowest BCUT2D eigenvalue weighted by atomic mass is 10.0. The molecule has 3 rings (SSSR count). The van der Waals surface area contributed by atoms with Crippen molar-refractivity contribution in [1.82, 2.24) is 5.32 Å². The predicted octanol–water partition coefficient (Wildman–Crippen LogP) is 2.92. The van der Waals surface area contributed by atoms with Crippen molar-refractivity contribution in [3.8, 4) is 11.1 Å². The highest BCUT2D eigenvalue weighted by atomic mass is 16.2. The van der Waals surface area contributed by atoms with Gasteiger partial charge in [0.2, 0.25) is 5.91 Å². The van der Waals surface area contributed by atoms with Gasteiger partial charge in [0.25, 0.3) is 0 Å². The number of amides is 3. The van der Waals surface area contributed by atoms with Crippen LogP contribution in [-0.4, -0.2) is 24.8 Å². The van der Waals surface area contributed by atoms with Crippen LogP contribution in [0.25, 0.3) is 11.1 Å². The smallest absolute Gasteiger partial charge is 0.298 e. The molecule has 0 aromatic heterocycles. The van der Waals surface area contributed by atoms with Crippen molar-refractivity contribution < 1.29 is 14.4 Å². The number of hydrogen-bond acceptors (Lipinski definition) is 3. The third-order valence-corrected chi connectivity index (χ3v) is 3.93. The molecule has 1 N–H and O–H groups in total. The summed E-state index contributed by atoms with van der Waals surface area (Å²) in [4.78, 5) is 35.7. The molecule has 0 bridgehead atoms. The van der Waals surface area contributed by atoms with Gasteiger partial charge in [-0.25, -0.2) is 4.79 Å². The third-order valence-electron chi connectivity index (χ3n) is 3.93. The molecule has 0 unspecified atom stereocenters. The third kappa shape index (κ3) is 2.99. The van der Waals surface area contributed by atoms with Crippen LogP contribution in [0, 0.1) is 6.92 Å². The van der Waals surface area contributed by atoms with Crippen LogP contribution in [0.15, 0.2) is 42.5 Å². The predicted molar refractivity (Wildman–Crippen MR) is 87.5 cm³/mol. The molecular weight excluding hydrogens is 292 g/mol. The lowest BCUT2D eigenvalue weighted by Gasteiger charge is -2.28. The number of nitrogens with zero attached hydrogens (tertiary/aromatic N) is 1. The van der Waals surface area contributed by atoms with E-state index < -0.39 is 6.03 Å². The molecule has 0 aliphatic carbocycles. The lowest BCUT2D eigenvalue weighted by molar-refractivity contribution is -0.120. The van der Waals surface area contributed by atoms with Crippen molar-refractivity contribution in [2.45, 2.75) is 13.3 Å². The summed E-state index contributed by atoms with van der Waals surface area (Å²) in [7, 11) is 0. The van der Waals surface area contributed by atoms with E-state index in [1.807, 2.05) is 37.3 Å². The molecule has 0 atom stereocenters. The lowest BCUT2D eigenvalue weighted by Crippen LogP contribution is -2.49. The number of aldehydes is 1. The van der Waals surface area contributed by atoms with E-state index >= 15 is 0 Å². The maximum atomic E-state index is 12.0. The van der Waals surface area contributed by atoms with E-state index in [1.165, 1.54) is 0 Å². The van der Waals surface area contributed by atoms with E-state index in [4.69, 9.17) is 0 Å². The van der Waals surface area contributed by atoms with Gasteiger partial charge in [0.15, 0.2) is 0 Å². The summed E-state index contributed by atoms with van der Waals surface area (Å²) in [6, 6.07) is 12.7. The van der Waals surface area contributed by atoms with Crippen LogP contribution >= 0.6 is 0 Å². The number of urea groups is 1. The quantitative estimate of drug-likeness (QED) is 0.887. The molecule has 0 spiro atoms. The average molecular weight is 308 g/mol. The van der Waals surface area contributed by atoms with Crippen LogP contribution in [-0.2, 0) is 4.79 Å². The maximum absolute atomic E-state index is 12.0. The first-order chi connectivity index (χ1) is 11.1. The number of anilines is 1. The van der Waals surface area contributed by atoms with Crippen molar-refractivity contribution in [3.05, 3.63) is 53.6 Å². The summed E-state index contributed by atoms with van der Waals surface area (Å²) in [5.41, 5.74) is 4.28. The minimum Gasteiger partial charge on any atom is -0.298 e. The van der Waals surface area contributed by atoms with E-state index in [2.05, 4.69) is 5.32 Å². The fourth-order valence-corrected chi connectivity index (χ4v) is 2.63. The van der Waals surface area contributed by atoms with Gasteiger partial charge in [-0.05, 0) is 29.7 Å². The highest BCUT2D eigenvalue weighted by molar-refractivity contribution is 6.06. The van der Waals surface area contributed by atoms with Crippen LogP contribution in [0.1, 0.15) is 22.3 Å². The molecule has 0 radical (unpaired) electrons. The van der Waals surface area contributed by atoms with Gasteiger partial charge in [-0.2, -0.15) is 0 Å². The maximum Gasteiger partial charge on any atom is 0.328 e. The minimum absolute atomic E-state index is 0.246. The summed E-state index contributed by atoms with van der Waals surface area (Å²) in [6.07, 6.45) is 1.10. The van der Waals surface area contributed by atoms with Gasteiger partial charge in [-0.1, -0.05) is 36.4 Å². The van der Waals surface area contributed by atoms with E-state index in [-0.39, 0.29) is 5.91 Å². The molecule has 1 aliphatic rings. The Bertz CT molecular complexity index is 781. The molecule has 5 heteroatoms. The first kappa shape index (κ1) is 15.0. The molecule has 116 valence electrons. The summed E-state index contributed by atoms with van der Waals surface area (Å²) < 4.78 is 0. The van der Waals surface area contributed by atoms with E-state index in [0.29, 0.717) is 18.5 Å². The molecule has 23 heavy (non-hydrogen) atoms. The number of carbonyl (C=O) groups is 3. The van der Waals surface area contributed by atoms with E-state index in [9.17, 15) is 14.4 Å². The number of aryl methyl sites for hydroxylation is 1. The Hall–Kier alpha value is -2.95. The van der Waals surface area contributed by atoms with Gasteiger partial charge in [0.1, 0.15) is 6.29 Å². The Kier molecular flexibility index (Phi) is 3.93. The second kappa shape index (κ2) is 6.04. The van der Waals surface area contributed by atoms with Crippen molar-refractivity contribution in [2.24, 2.45) is 0 Å². The monoisotopic (exact) mass is 308 g/mol. The number of rotatable bonds is 3. The second-order valence-corrected chi connectivity index (χ2v) is 5.50. The Morgan fingerprint density at radius 2 is 1.74 bits per heavy atom. The summed E-state index contributed by atoms with van der Waals surface area (Å²) in [6.45, 7) is 2.30. The summed E-state index contributed by atoms with van der Waals surface area (Å²) in [5.74, 6) is -0.246. The standard InChI is InChI=1S/C18H16N2O3/c1-12-2-5-15(14-6-3-13(11-21)4-7-14)10-16(12)20-9-8-17(22)19-18(20)23/h2-7,10-11H,8-9H2,1H3,(H,19,22,23). The number of nitrogens with one attached hydrogen (secondary N) is 1. The Morgan fingerprint density at radius 3 is 2.39 bits per heavy atom. The van der Waals surface area contributed by atoms with Gasteiger partial charge in [-0.15, -0.1) is 0 Å². The molecule has 1 saturated heterocycles. The largest absolute Gasteiger partial charge is 0.328 e. The zero-order chi connectivity index (χ0) is 16.4. The zero-order valence-electron chi connectivity index (χ0n) is 12.7. The zero-order valence-corrected chi connectivity index (χ0v) is 12.7. The molecule has 3 amide bonds. The molecule has 2 aromatic rings. The fourth-order valence-electron chi connectivity index (χ4n) is 2.63. The van der Waals surface area contributed by atoms with Crippen molar-refractivity contribution in [2.75, 3.05) is 11.4 Å². The molecule has 5 nitrogen and oxygen atoms in total. The van der Waals surface area contributed by atoms with Crippen molar-refractivity contribution >= 4 is 23.9 Å². The number of imide groups is 1. The summed E-state index contributed by atoms with van der Waals surface area (Å²) in [5, 5.41) is 2.34. The van der Waals surface area contributed by atoms with Gasteiger partial charge in [0.05, 0.1) is 0 Å². The minimum atomic E-state index is -0.391. The second-order valence-electron chi connectivity index (χ2n) is 5.50. The Morgan fingerprint density at radius 1 is 1.04 bits per heavy atom. The van der Waals surface area contributed by atoms with Gasteiger partial charge in [0, 0.05) is 24.2 Å². The van der Waals surface area contributed by atoms with Crippen LogP contribution < -0.4 is 10.2 Å². The number of hydrogen-bond donors (Lipinski definition) is 1.